The highest BCUT2D eigenvalue weighted by Crippen LogP contribution is 2.18. The highest BCUT2D eigenvalue weighted by atomic mass is 35.5. The molecule has 0 atom stereocenters. The number of methoxy groups -OCH3 is 1. The van der Waals surface area contributed by atoms with Gasteiger partial charge in [-0.2, -0.15) is 0 Å². The molecule has 0 unspecified atom stereocenters. The van der Waals surface area contributed by atoms with Crippen LogP contribution in [0, 0.1) is 0 Å². The molecule has 0 spiro atoms. The minimum atomic E-state index is 0. The molecule has 0 saturated heterocycles. The highest BCUT2D eigenvalue weighted by Gasteiger charge is 2.00. The van der Waals surface area contributed by atoms with E-state index in [1.807, 2.05) is 36.4 Å². The van der Waals surface area contributed by atoms with E-state index in [-0.39, 0.29) is 12.4 Å². The van der Waals surface area contributed by atoms with E-state index in [2.05, 4.69) is 17.4 Å². The van der Waals surface area contributed by atoms with Crippen molar-refractivity contribution in [1.82, 2.24) is 5.32 Å². The summed E-state index contributed by atoms with van der Waals surface area (Å²) in [6, 6.07) is 15.8. The standard InChI is InChI=1S/C17H20ClNO2.ClH/c1-20-11-10-19-12-14-6-8-16(9-7-14)21-13-15-4-2-3-5-17(15)18;/h2-9,19H,10-13H2,1H3;1H. The van der Waals surface area contributed by atoms with Gasteiger partial charge in [0.05, 0.1) is 6.61 Å². The summed E-state index contributed by atoms with van der Waals surface area (Å²) in [4.78, 5) is 0. The maximum absolute atomic E-state index is 6.10. The maximum Gasteiger partial charge on any atom is 0.119 e. The van der Waals surface area contributed by atoms with E-state index in [9.17, 15) is 0 Å². The molecule has 3 nitrogen and oxygen atoms in total. The maximum atomic E-state index is 6.10. The zero-order valence-corrected chi connectivity index (χ0v) is 14.1. The van der Waals surface area contributed by atoms with E-state index in [0.717, 1.165) is 36.0 Å². The minimum Gasteiger partial charge on any atom is -0.489 e. The molecule has 0 saturated carbocycles. The molecule has 2 aromatic rings. The third-order valence-corrected chi connectivity index (χ3v) is 3.46. The topological polar surface area (TPSA) is 30.5 Å². The van der Waals surface area contributed by atoms with Gasteiger partial charge in [-0.05, 0) is 23.8 Å². The molecule has 0 amide bonds. The van der Waals surface area contributed by atoms with Crippen molar-refractivity contribution in [2.75, 3.05) is 20.3 Å². The van der Waals surface area contributed by atoms with Crippen LogP contribution in [0.3, 0.4) is 0 Å². The number of hydrogen-bond acceptors (Lipinski definition) is 3. The molecule has 0 aliphatic rings. The van der Waals surface area contributed by atoms with Gasteiger partial charge >= 0.3 is 0 Å². The Morgan fingerprint density at radius 3 is 2.45 bits per heavy atom. The lowest BCUT2D eigenvalue weighted by atomic mass is 10.2. The first-order valence-corrected chi connectivity index (χ1v) is 7.32. The summed E-state index contributed by atoms with van der Waals surface area (Å²) in [6.07, 6.45) is 0. The fraction of sp³-hybridized carbons (Fsp3) is 0.294. The average Bonchev–Trinajstić information content (AvgIpc) is 2.52. The second kappa shape index (κ2) is 10.5. The van der Waals surface area contributed by atoms with E-state index in [1.54, 1.807) is 7.11 Å². The third-order valence-electron chi connectivity index (χ3n) is 3.09. The van der Waals surface area contributed by atoms with Crippen LogP contribution in [0.15, 0.2) is 48.5 Å². The molecule has 0 radical (unpaired) electrons. The van der Waals surface area contributed by atoms with Crippen molar-refractivity contribution >= 4 is 24.0 Å². The van der Waals surface area contributed by atoms with Gasteiger partial charge in [-0.15, -0.1) is 12.4 Å². The van der Waals surface area contributed by atoms with Gasteiger partial charge in [0.1, 0.15) is 12.4 Å². The normalized spacial score (nSPS) is 10.1. The van der Waals surface area contributed by atoms with Crippen LogP contribution in [0.25, 0.3) is 0 Å². The molecule has 0 aromatic heterocycles. The van der Waals surface area contributed by atoms with Crippen molar-refractivity contribution in [1.29, 1.82) is 0 Å². The summed E-state index contributed by atoms with van der Waals surface area (Å²) in [7, 11) is 1.70. The number of benzene rings is 2. The fourth-order valence-corrected chi connectivity index (χ4v) is 2.08. The second-order valence-corrected chi connectivity index (χ2v) is 5.10. The number of nitrogens with one attached hydrogen (secondary N) is 1. The smallest absolute Gasteiger partial charge is 0.119 e. The van der Waals surface area contributed by atoms with Gasteiger partial charge in [-0.25, -0.2) is 0 Å². The first-order valence-electron chi connectivity index (χ1n) is 6.94. The highest BCUT2D eigenvalue weighted by molar-refractivity contribution is 6.31. The largest absolute Gasteiger partial charge is 0.489 e. The van der Waals surface area contributed by atoms with Crippen LogP contribution < -0.4 is 10.1 Å². The van der Waals surface area contributed by atoms with Crippen molar-refractivity contribution in [3.8, 4) is 5.75 Å². The lowest BCUT2D eigenvalue weighted by Crippen LogP contribution is -2.18. The van der Waals surface area contributed by atoms with Crippen LogP contribution in [0.5, 0.6) is 5.75 Å². The van der Waals surface area contributed by atoms with Gasteiger partial charge in [0.2, 0.25) is 0 Å². The Bertz CT molecular complexity index is 547. The number of hydrogen-bond donors (Lipinski definition) is 1. The first kappa shape index (κ1) is 18.8. The van der Waals surface area contributed by atoms with Crippen LogP contribution >= 0.6 is 24.0 Å². The van der Waals surface area contributed by atoms with E-state index in [4.69, 9.17) is 21.1 Å². The van der Waals surface area contributed by atoms with Gasteiger partial charge in [0.25, 0.3) is 0 Å². The van der Waals surface area contributed by atoms with Gasteiger partial charge in [0, 0.05) is 30.8 Å². The Morgan fingerprint density at radius 1 is 1.05 bits per heavy atom. The zero-order valence-electron chi connectivity index (χ0n) is 12.5. The van der Waals surface area contributed by atoms with Gasteiger partial charge < -0.3 is 14.8 Å². The quantitative estimate of drug-likeness (QED) is 0.734. The number of halogens is 2. The van der Waals surface area contributed by atoms with E-state index in [0.29, 0.717) is 6.61 Å². The van der Waals surface area contributed by atoms with Gasteiger partial charge in [-0.1, -0.05) is 41.9 Å². The Labute approximate surface area is 143 Å². The van der Waals surface area contributed by atoms with Gasteiger partial charge in [0.15, 0.2) is 0 Å². The SMILES string of the molecule is COCCNCc1ccc(OCc2ccccc2Cl)cc1.Cl. The van der Waals surface area contributed by atoms with E-state index >= 15 is 0 Å². The lowest BCUT2D eigenvalue weighted by molar-refractivity contribution is 0.199. The first-order chi connectivity index (χ1) is 10.3. The van der Waals surface area contributed by atoms with Gasteiger partial charge in [-0.3, -0.25) is 0 Å². The van der Waals surface area contributed by atoms with Crippen molar-refractivity contribution < 1.29 is 9.47 Å². The molecule has 0 aliphatic heterocycles. The molecule has 2 rings (SSSR count). The molecule has 2 aromatic carbocycles. The van der Waals surface area contributed by atoms with E-state index in [1.165, 1.54) is 5.56 Å². The predicted molar refractivity (Wildman–Crippen MR) is 93.1 cm³/mol. The summed E-state index contributed by atoms with van der Waals surface area (Å²) < 4.78 is 10.7. The molecule has 0 heterocycles. The number of rotatable bonds is 8. The predicted octanol–water partition coefficient (Wildman–Crippen LogP) is 4.08. The molecule has 22 heavy (non-hydrogen) atoms. The second-order valence-electron chi connectivity index (χ2n) is 4.69. The van der Waals surface area contributed by atoms with Crippen LogP contribution in [-0.2, 0) is 17.9 Å². The van der Waals surface area contributed by atoms with Crippen LogP contribution in [0.1, 0.15) is 11.1 Å². The minimum absolute atomic E-state index is 0. The van der Waals surface area contributed by atoms with Crippen molar-refractivity contribution in [3.05, 3.63) is 64.7 Å². The summed E-state index contributed by atoms with van der Waals surface area (Å²) in [5, 5.41) is 4.04. The van der Waals surface area contributed by atoms with Crippen molar-refractivity contribution in [2.45, 2.75) is 13.2 Å². The molecule has 120 valence electrons. The van der Waals surface area contributed by atoms with Crippen LogP contribution in [0.4, 0.5) is 0 Å². The Hall–Kier alpha value is -1.26. The summed E-state index contributed by atoms with van der Waals surface area (Å²) in [5.74, 6) is 0.843. The summed E-state index contributed by atoms with van der Waals surface area (Å²) >= 11 is 6.10. The lowest BCUT2D eigenvalue weighted by Gasteiger charge is -2.09. The fourth-order valence-electron chi connectivity index (χ4n) is 1.89. The molecular formula is C17H21Cl2NO2. The average molecular weight is 342 g/mol. The number of ether oxygens (including phenoxy) is 2. The van der Waals surface area contributed by atoms with E-state index < -0.39 is 0 Å². The molecule has 0 bridgehead atoms. The molecule has 1 N–H and O–H groups in total. The molecule has 0 aliphatic carbocycles. The van der Waals surface area contributed by atoms with Crippen LogP contribution in [-0.4, -0.2) is 20.3 Å². The molecule has 0 fully saturated rings. The summed E-state index contributed by atoms with van der Waals surface area (Å²) in [5.41, 5.74) is 2.21. The zero-order chi connectivity index (χ0) is 14.9. The Kier molecular flexibility index (Phi) is 8.94. The Balaban J connectivity index is 0.00000242. The monoisotopic (exact) mass is 341 g/mol. The van der Waals surface area contributed by atoms with Crippen molar-refractivity contribution in [3.63, 3.8) is 0 Å². The van der Waals surface area contributed by atoms with Crippen molar-refractivity contribution in [2.24, 2.45) is 0 Å². The molecule has 5 heteroatoms. The molecular weight excluding hydrogens is 321 g/mol. The summed E-state index contributed by atoms with van der Waals surface area (Å²) in [6.45, 7) is 2.87. The van der Waals surface area contributed by atoms with Crippen LogP contribution in [0.2, 0.25) is 5.02 Å². The Morgan fingerprint density at radius 2 is 1.77 bits per heavy atom. The third kappa shape index (κ3) is 6.24.